The Morgan fingerprint density at radius 2 is 1.64 bits per heavy atom. The van der Waals surface area contributed by atoms with Gasteiger partial charge in [-0.05, 0) is 61.6 Å². The van der Waals surface area contributed by atoms with Gasteiger partial charge in [0, 0.05) is 28.5 Å². The summed E-state index contributed by atoms with van der Waals surface area (Å²) in [5.41, 5.74) is 2.93. The Balaban J connectivity index is 1.75. The number of thioether (sulfide) groups is 1. The molecule has 0 saturated heterocycles. The lowest BCUT2D eigenvalue weighted by atomic mass is 9.94. The van der Waals surface area contributed by atoms with Crippen LogP contribution in [0.1, 0.15) is 31.9 Å². The number of allylic oxidation sites excluding steroid dienone is 1. The summed E-state index contributed by atoms with van der Waals surface area (Å²) >= 11 is 1.63. The molecule has 3 N–H and O–H groups in total. The number of nitrogens with one attached hydrogen (secondary N) is 3. The van der Waals surface area contributed by atoms with Gasteiger partial charge in [-0.2, -0.15) is 0 Å². The lowest BCUT2D eigenvalue weighted by Gasteiger charge is -2.35. The molecule has 4 amide bonds. The number of methoxy groups -OCH3 is 1. The molecule has 3 rings (SSSR count). The van der Waals surface area contributed by atoms with E-state index >= 15 is 0 Å². The first-order chi connectivity index (χ1) is 15.9. The van der Waals surface area contributed by atoms with Gasteiger partial charge >= 0.3 is 18.0 Å². The van der Waals surface area contributed by atoms with Crippen LogP contribution in [0.15, 0.2) is 64.7 Å². The van der Waals surface area contributed by atoms with Crippen LogP contribution >= 0.6 is 11.8 Å². The van der Waals surface area contributed by atoms with E-state index in [9.17, 15) is 14.4 Å². The van der Waals surface area contributed by atoms with Crippen molar-refractivity contribution in [1.29, 1.82) is 0 Å². The molecule has 1 heterocycles. The number of hydrogen-bond acceptors (Lipinski definition) is 5. The van der Waals surface area contributed by atoms with Gasteiger partial charge in [0.1, 0.15) is 0 Å². The summed E-state index contributed by atoms with van der Waals surface area (Å²) < 4.78 is 4.98. The molecule has 9 heteroatoms. The zero-order valence-corrected chi connectivity index (χ0v) is 19.9. The highest BCUT2D eigenvalue weighted by molar-refractivity contribution is 7.98. The van der Waals surface area contributed by atoms with Crippen LogP contribution in [0.3, 0.4) is 0 Å². The van der Waals surface area contributed by atoms with E-state index in [1.54, 1.807) is 47.9 Å². The zero-order chi connectivity index (χ0) is 24.0. The van der Waals surface area contributed by atoms with Crippen LogP contribution in [0.4, 0.5) is 21.0 Å². The number of ether oxygens (including phenoxy) is 1. The molecule has 33 heavy (non-hydrogen) atoms. The van der Waals surface area contributed by atoms with Crippen molar-refractivity contribution in [3.05, 3.63) is 65.4 Å². The van der Waals surface area contributed by atoms with Gasteiger partial charge in [-0.15, -0.1) is 11.8 Å². The molecule has 0 fully saturated rings. The maximum atomic E-state index is 12.6. The van der Waals surface area contributed by atoms with Crippen LogP contribution in [0.5, 0.6) is 0 Å². The highest BCUT2D eigenvalue weighted by atomic mass is 32.2. The molecule has 0 aromatic heterocycles. The minimum atomic E-state index is -0.643. The van der Waals surface area contributed by atoms with Gasteiger partial charge in [-0.1, -0.05) is 19.1 Å². The van der Waals surface area contributed by atoms with E-state index in [0.29, 0.717) is 34.8 Å². The van der Waals surface area contributed by atoms with Gasteiger partial charge in [0.05, 0.1) is 18.7 Å². The number of carbonyl (C=O) groups is 3. The van der Waals surface area contributed by atoms with Crippen molar-refractivity contribution < 1.29 is 19.1 Å². The number of benzene rings is 2. The number of amides is 4. The quantitative estimate of drug-likeness (QED) is 0.393. The van der Waals surface area contributed by atoms with Crippen molar-refractivity contribution in [3.63, 3.8) is 0 Å². The molecule has 2 aromatic rings. The second-order valence-electron chi connectivity index (χ2n) is 7.45. The van der Waals surface area contributed by atoms with E-state index < -0.39 is 12.0 Å². The van der Waals surface area contributed by atoms with Crippen molar-refractivity contribution in [2.45, 2.75) is 31.2 Å². The summed E-state index contributed by atoms with van der Waals surface area (Å²) in [5, 5.41) is 8.46. The fraction of sp³-hybridized carbons (Fsp3) is 0.292. The van der Waals surface area contributed by atoms with Crippen molar-refractivity contribution in [1.82, 2.24) is 10.2 Å². The number of carbonyl (C=O) groups excluding carboxylic acids is 3. The third kappa shape index (κ3) is 5.67. The molecule has 2 aromatic carbocycles. The van der Waals surface area contributed by atoms with Crippen LogP contribution in [0, 0.1) is 0 Å². The summed E-state index contributed by atoms with van der Waals surface area (Å²) in [7, 11) is 1.32. The second-order valence-corrected chi connectivity index (χ2v) is 8.33. The molecule has 0 radical (unpaired) electrons. The molecule has 0 spiro atoms. The van der Waals surface area contributed by atoms with Crippen molar-refractivity contribution in [3.8, 4) is 0 Å². The normalized spacial score (nSPS) is 15.7. The maximum absolute atomic E-state index is 12.6. The predicted octanol–water partition coefficient (Wildman–Crippen LogP) is 4.98. The van der Waals surface area contributed by atoms with Crippen LogP contribution in [-0.2, 0) is 9.53 Å². The molecule has 0 aliphatic carbocycles. The van der Waals surface area contributed by atoms with Crippen molar-refractivity contribution in [2.75, 3.05) is 30.5 Å². The Morgan fingerprint density at radius 1 is 1.06 bits per heavy atom. The third-order valence-corrected chi connectivity index (χ3v) is 6.04. The van der Waals surface area contributed by atoms with E-state index in [1.165, 1.54) is 7.11 Å². The average Bonchev–Trinajstić information content (AvgIpc) is 2.82. The van der Waals surface area contributed by atoms with Crippen LogP contribution in [-0.4, -0.2) is 42.8 Å². The predicted molar refractivity (Wildman–Crippen MR) is 130 cm³/mol. The van der Waals surface area contributed by atoms with E-state index in [0.717, 1.165) is 11.3 Å². The molecule has 0 saturated carbocycles. The fourth-order valence-corrected chi connectivity index (χ4v) is 4.03. The smallest absolute Gasteiger partial charge is 0.337 e. The average molecular weight is 469 g/mol. The van der Waals surface area contributed by atoms with E-state index in [4.69, 9.17) is 4.74 Å². The van der Waals surface area contributed by atoms with Gasteiger partial charge < -0.3 is 20.7 Å². The van der Waals surface area contributed by atoms with E-state index in [2.05, 4.69) is 16.0 Å². The molecule has 1 aliphatic rings. The van der Waals surface area contributed by atoms with Crippen LogP contribution < -0.4 is 16.0 Å². The minimum absolute atomic E-state index is 0.263. The summed E-state index contributed by atoms with van der Waals surface area (Å²) in [5.74, 6) is -0.493. The maximum Gasteiger partial charge on any atom is 0.337 e. The van der Waals surface area contributed by atoms with Gasteiger partial charge in [0.2, 0.25) is 0 Å². The first-order valence-electron chi connectivity index (χ1n) is 10.6. The number of esters is 1. The van der Waals surface area contributed by atoms with Gasteiger partial charge in [0.15, 0.2) is 0 Å². The summed E-state index contributed by atoms with van der Waals surface area (Å²) in [6.45, 7) is 4.22. The Bertz CT molecular complexity index is 1050. The monoisotopic (exact) mass is 468 g/mol. The van der Waals surface area contributed by atoms with E-state index in [1.807, 2.05) is 37.4 Å². The summed E-state index contributed by atoms with van der Waals surface area (Å²) in [6.07, 6.45) is 2.75. The summed E-state index contributed by atoms with van der Waals surface area (Å²) in [4.78, 5) is 40.1. The first-order valence-corrected chi connectivity index (χ1v) is 11.8. The Hall–Kier alpha value is -3.46. The Labute approximate surface area is 197 Å². The van der Waals surface area contributed by atoms with Crippen molar-refractivity contribution in [2.24, 2.45) is 0 Å². The number of anilines is 2. The SMILES string of the molecule is CCCN1C(=O)N[C@@H](c2ccc(NC(=O)Nc3ccc(SC)cc3)cc2)C(C(=O)OC)=C1C. The molecule has 8 nitrogen and oxygen atoms in total. The van der Waals surface area contributed by atoms with Gasteiger partial charge in [-0.25, -0.2) is 14.4 Å². The Kier molecular flexibility index (Phi) is 8.00. The largest absolute Gasteiger partial charge is 0.466 e. The topological polar surface area (TPSA) is 99.8 Å². The molecule has 0 bridgehead atoms. The lowest BCUT2D eigenvalue weighted by molar-refractivity contribution is -0.136. The number of hydrogen-bond donors (Lipinski definition) is 3. The molecular weight excluding hydrogens is 440 g/mol. The van der Waals surface area contributed by atoms with Gasteiger partial charge in [-0.3, -0.25) is 4.90 Å². The Morgan fingerprint density at radius 3 is 2.15 bits per heavy atom. The van der Waals surface area contributed by atoms with Gasteiger partial charge in [0.25, 0.3) is 0 Å². The summed E-state index contributed by atoms with van der Waals surface area (Å²) in [6, 6.07) is 13.2. The molecule has 0 unspecified atom stereocenters. The third-order valence-electron chi connectivity index (χ3n) is 5.30. The lowest BCUT2D eigenvalue weighted by Crippen LogP contribution is -2.48. The fourth-order valence-electron chi connectivity index (χ4n) is 3.63. The number of urea groups is 2. The molecular formula is C24H28N4O4S. The van der Waals surface area contributed by atoms with Crippen molar-refractivity contribution >= 4 is 41.2 Å². The minimum Gasteiger partial charge on any atom is -0.466 e. The molecule has 174 valence electrons. The van der Waals surface area contributed by atoms with Crippen LogP contribution in [0.25, 0.3) is 0 Å². The zero-order valence-electron chi connectivity index (χ0n) is 19.1. The van der Waals surface area contributed by atoms with E-state index in [-0.39, 0.29) is 12.1 Å². The highest BCUT2D eigenvalue weighted by Crippen LogP contribution is 2.32. The van der Waals surface area contributed by atoms with Crippen LogP contribution in [0.2, 0.25) is 0 Å². The highest BCUT2D eigenvalue weighted by Gasteiger charge is 2.35. The number of nitrogens with zero attached hydrogens (tertiary/aromatic N) is 1. The number of rotatable bonds is 7. The molecule has 1 atom stereocenters. The molecule has 1 aliphatic heterocycles. The second kappa shape index (κ2) is 10.9. The first kappa shape index (κ1) is 24.2. The standard InChI is InChI=1S/C24H28N4O4S/c1-5-14-28-15(2)20(22(29)32-3)21(27-24(28)31)16-6-8-17(9-7-16)25-23(30)26-18-10-12-19(33-4)13-11-18/h6-13,21H,5,14H2,1-4H3,(H,27,31)(H2,25,26,30)/t21-/m0/s1.